The summed E-state index contributed by atoms with van der Waals surface area (Å²) in [4.78, 5) is 27.5. The molecule has 2 amide bonds. The van der Waals surface area contributed by atoms with Crippen LogP contribution in [0.3, 0.4) is 0 Å². The molecule has 0 unspecified atom stereocenters. The minimum atomic E-state index is -0.333. The Morgan fingerprint density at radius 3 is 2.70 bits per heavy atom. The Morgan fingerprint density at radius 2 is 2.04 bits per heavy atom. The third kappa shape index (κ3) is 3.75. The number of rotatable bonds is 4. The maximum atomic E-state index is 12.6. The lowest BCUT2D eigenvalue weighted by molar-refractivity contribution is -0.125. The first-order valence-corrected chi connectivity index (χ1v) is 9.32. The fraction of sp³-hybridized carbons (Fsp3) is 0.647. The Hall–Kier alpha value is -1.40. The van der Waals surface area contributed by atoms with Gasteiger partial charge in [-0.15, -0.1) is 11.3 Å². The van der Waals surface area contributed by atoms with Crippen LogP contribution >= 0.6 is 11.3 Å². The molecule has 2 fully saturated rings. The number of nitrogens with zero attached hydrogens (tertiary/aromatic N) is 1. The monoisotopic (exact) mass is 336 g/mol. The van der Waals surface area contributed by atoms with Gasteiger partial charge in [0, 0.05) is 19.2 Å². The zero-order valence-electron chi connectivity index (χ0n) is 13.2. The average Bonchev–Trinajstić information content (AvgIpc) is 3.26. The Labute approximate surface area is 140 Å². The van der Waals surface area contributed by atoms with Gasteiger partial charge in [-0.3, -0.25) is 9.59 Å². The predicted octanol–water partition coefficient (Wildman–Crippen LogP) is 2.02. The Balaban J connectivity index is 1.57. The van der Waals surface area contributed by atoms with Gasteiger partial charge in [-0.25, -0.2) is 0 Å². The van der Waals surface area contributed by atoms with E-state index in [0.717, 1.165) is 38.5 Å². The molecule has 0 bridgehead atoms. The number of hydrogen-bond acceptors (Lipinski definition) is 4. The van der Waals surface area contributed by atoms with Gasteiger partial charge in [0.1, 0.15) is 6.04 Å². The largest absolute Gasteiger partial charge is 0.396 e. The van der Waals surface area contributed by atoms with Crippen molar-refractivity contribution in [3.8, 4) is 0 Å². The van der Waals surface area contributed by atoms with Gasteiger partial charge in [0.2, 0.25) is 5.91 Å². The third-order valence-corrected chi connectivity index (χ3v) is 5.86. The lowest BCUT2D eigenvalue weighted by Gasteiger charge is -2.30. The molecular formula is C17H24N2O3S. The van der Waals surface area contributed by atoms with Crippen molar-refractivity contribution in [2.45, 2.75) is 50.6 Å². The zero-order valence-corrected chi connectivity index (χ0v) is 14.1. The normalized spacial score (nSPS) is 27.9. The summed E-state index contributed by atoms with van der Waals surface area (Å²) in [5.74, 6) is 0.341. The molecule has 2 N–H and O–H groups in total. The van der Waals surface area contributed by atoms with Crippen molar-refractivity contribution in [1.82, 2.24) is 10.2 Å². The van der Waals surface area contributed by atoms with Crippen LogP contribution in [-0.4, -0.2) is 47.1 Å². The highest BCUT2D eigenvalue weighted by atomic mass is 32.1. The van der Waals surface area contributed by atoms with Crippen LogP contribution in [0.25, 0.3) is 0 Å². The second kappa shape index (κ2) is 7.45. The molecule has 0 spiro atoms. The van der Waals surface area contributed by atoms with Crippen LogP contribution in [-0.2, 0) is 4.79 Å². The first kappa shape index (κ1) is 16.5. The molecular weight excluding hydrogens is 312 g/mol. The zero-order chi connectivity index (χ0) is 16.2. The van der Waals surface area contributed by atoms with E-state index < -0.39 is 0 Å². The standard InChI is InChI=1S/C17H24N2O3S/c20-11-12-5-7-13(8-6-12)18-16(21)14-3-1-9-19(14)17(22)15-4-2-10-23-15/h2,4,10,12-14,20H,1,3,5-9,11H2,(H,18,21)/t12?,13?,14-/m0/s1. The van der Waals surface area contributed by atoms with Crippen LogP contribution < -0.4 is 5.32 Å². The van der Waals surface area contributed by atoms with E-state index in [-0.39, 0.29) is 30.5 Å². The quantitative estimate of drug-likeness (QED) is 0.884. The molecule has 2 heterocycles. The Morgan fingerprint density at radius 1 is 1.26 bits per heavy atom. The predicted molar refractivity (Wildman–Crippen MR) is 89.4 cm³/mol. The van der Waals surface area contributed by atoms with Gasteiger partial charge < -0.3 is 15.3 Å². The molecule has 2 aliphatic rings. The summed E-state index contributed by atoms with van der Waals surface area (Å²) in [7, 11) is 0. The molecule has 1 aromatic heterocycles. The molecule has 1 saturated heterocycles. The van der Waals surface area contributed by atoms with Crippen LogP contribution in [0.4, 0.5) is 0 Å². The summed E-state index contributed by atoms with van der Waals surface area (Å²) in [6, 6.07) is 3.53. The first-order valence-electron chi connectivity index (χ1n) is 8.44. The van der Waals surface area contributed by atoms with E-state index in [1.807, 2.05) is 17.5 Å². The molecule has 1 atom stereocenters. The van der Waals surface area contributed by atoms with E-state index in [1.54, 1.807) is 4.90 Å². The van der Waals surface area contributed by atoms with Crippen LogP contribution in [0.1, 0.15) is 48.2 Å². The second-order valence-electron chi connectivity index (χ2n) is 6.54. The number of nitrogens with one attached hydrogen (secondary N) is 1. The number of likely N-dealkylation sites (tertiary alicyclic amines) is 1. The number of thiophene rings is 1. The smallest absolute Gasteiger partial charge is 0.264 e. The van der Waals surface area contributed by atoms with Gasteiger partial charge in [-0.2, -0.15) is 0 Å². The summed E-state index contributed by atoms with van der Waals surface area (Å²) < 4.78 is 0. The molecule has 5 nitrogen and oxygen atoms in total. The Bertz CT molecular complexity index is 538. The number of carbonyl (C=O) groups is 2. The van der Waals surface area contributed by atoms with Crippen LogP contribution in [0.2, 0.25) is 0 Å². The third-order valence-electron chi connectivity index (χ3n) is 5.00. The van der Waals surface area contributed by atoms with E-state index in [9.17, 15) is 14.7 Å². The molecule has 1 aromatic rings. The van der Waals surface area contributed by atoms with Gasteiger partial charge in [-0.05, 0) is 55.9 Å². The minimum absolute atomic E-state index is 0.0140. The molecule has 1 aliphatic carbocycles. The highest BCUT2D eigenvalue weighted by molar-refractivity contribution is 7.12. The minimum Gasteiger partial charge on any atom is -0.396 e. The van der Waals surface area contributed by atoms with Crippen molar-refractivity contribution in [2.24, 2.45) is 5.92 Å². The molecule has 126 valence electrons. The molecule has 1 saturated carbocycles. The highest BCUT2D eigenvalue weighted by Crippen LogP contribution is 2.26. The first-order chi connectivity index (χ1) is 11.2. The van der Waals surface area contributed by atoms with Gasteiger partial charge in [0.15, 0.2) is 0 Å². The number of aliphatic hydroxyl groups excluding tert-OH is 1. The molecule has 6 heteroatoms. The number of hydrogen-bond donors (Lipinski definition) is 2. The van der Waals surface area contributed by atoms with E-state index >= 15 is 0 Å². The van der Waals surface area contributed by atoms with E-state index in [2.05, 4.69) is 5.32 Å². The number of amides is 2. The van der Waals surface area contributed by atoms with Crippen molar-refractivity contribution in [3.63, 3.8) is 0 Å². The van der Waals surface area contributed by atoms with Crippen LogP contribution in [0, 0.1) is 5.92 Å². The maximum absolute atomic E-state index is 12.6. The molecule has 1 aliphatic heterocycles. The SMILES string of the molecule is O=C(NC1CCC(CO)CC1)[C@@H]1CCCN1C(=O)c1cccs1. The molecule has 3 rings (SSSR count). The lowest BCUT2D eigenvalue weighted by Crippen LogP contribution is -2.49. The Kier molecular flexibility index (Phi) is 5.33. The number of carbonyl (C=O) groups excluding carboxylic acids is 2. The van der Waals surface area contributed by atoms with Crippen molar-refractivity contribution in [1.29, 1.82) is 0 Å². The van der Waals surface area contributed by atoms with Crippen molar-refractivity contribution >= 4 is 23.2 Å². The molecule has 0 radical (unpaired) electrons. The fourth-order valence-corrected chi connectivity index (χ4v) is 4.29. The van der Waals surface area contributed by atoms with E-state index in [0.29, 0.717) is 17.3 Å². The van der Waals surface area contributed by atoms with Gasteiger partial charge in [0.25, 0.3) is 5.91 Å². The summed E-state index contributed by atoms with van der Waals surface area (Å²) in [5.41, 5.74) is 0. The maximum Gasteiger partial charge on any atom is 0.264 e. The summed E-state index contributed by atoms with van der Waals surface area (Å²) >= 11 is 1.42. The average molecular weight is 336 g/mol. The van der Waals surface area contributed by atoms with Crippen molar-refractivity contribution in [3.05, 3.63) is 22.4 Å². The molecule has 0 aromatic carbocycles. The van der Waals surface area contributed by atoms with Crippen molar-refractivity contribution in [2.75, 3.05) is 13.2 Å². The lowest BCUT2D eigenvalue weighted by atomic mass is 9.86. The van der Waals surface area contributed by atoms with E-state index in [4.69, 9.17) is 0 Å². The summed E-state index contributed by atoms with van der Waals surface area (Å²) in [6.45, 7) is 0.901. The van der Waals surface area contributed by atoms with Crippen LogP contribution in [0.5, 0.6) is 0 Å². The fourth-order valence-electron chi connectivity index (χ4n) is 3.61. The van der Waals surface area contributed by atoms with Crippen LogP contribution in [0.15, 0.2) is 17.5 Å². The highest BCUT2D eigenvalue weighted by Gasteiger charge is 2.36. The van der Waals surface area contributed by atoms with E-state index in [1.165, 1.54) is 11.3 Å². The van der Waals surface area contributed by atoms with Gasteiger partial charge in [0.05, 0.1) is 4.88 Å². The topological polar surface area (TPSA) is 69.6 Å². The van der Waals surface area contributed by atoms with Crippen molar-refractivity contribution < 1.29 is 14.7 Å². The van der Waals surface area contributed by atoms with Gasteiger partial charge in [-0.1, -0.05) is 6.07 Å². The summed E-state index contributed by atoms with van der Waals surface area (Å²) in [5, 5.41) is 14.2. The molecule has 23 heavy (non-hydrogen) atoms. The number of aliphatic hydroxyl groups is 1. The second-order valence-corrected chi connectivity index (χ2v) is 7.49. The summed E-state index contributed by atoms with van der Waals surface area (Å²) in [6.07, 6.45) is 5.39. The van der Waals surface area contributed by atoms with Gasteiger partial charge >= 0.3 is 0 Å².